The largest absolute Gasteiger partial charge is 0.494 e. The fourth-order valence-corrected chi connectivity index (χ4v) is 3.44. The minimum Gasteiger partial charge on any atom is -0.494 e. The molecule has 108 valence electrons. The highest BCUT2D eigenvalue weighted by Crippen LogP contribution is 2.54. The standard InChI is InChI=1S/C16H20ClNO2/c1-2-20-15-4-3-14(8-13(15)9-17)18-16(19)12-6-10-5-11(10)7-12/h3-4,8,10-12H,2,5-7,9H2,1H3,(H,18,19). The Kier molecular flexibility index (Phi) is 3.88. The summed E-state index contributed by atoms with van der Waals surface area (Å²) in [5.74, 6) is 3.18. The molecule has 3 nitrogen and oxygen atoms in total. The van der Waals surface area contributed by atoms with Crippen LogP contribution in [0.15, 0.2) is 18.2 Å². The van der Waals surface area contributed by atoms with E-state index in [1.807, 2.05) is 25.1 Å². The lowest BCUT2D eigenvalue weighted by molar-refractivity contribution is -0.120. The van der Waals surface area contributed by atoms with Gasteiger partial charge in [0.1, 0.15) is 5.75 Å². The van der Waals surface area contributed by atoms with E-state index in [2.05, 4.69) is 5.32 Å². The van der Waals surface area contributed by atoms with Crippen molar-refractivity contribution < 1.29 is 9.53 Å². The molecule has 0 radical (unpaired) electrons. The minimum absolute atomic E-state index is 0.155. The Balaban J connectivity index is 1.65. The van der Waals surface area contributed by atoms with Gasteiger partial charge in [0, 0.05) is 17.2 Å². The highest BCUT2D eigenvalue weighted by molar-refractivity contribution is 6.17. The maximum Gasteiger partial charge on any atom is 0.227 e. The van der Waals surface area contributed by atoms with Gasteiger partial charge in [-0.05, 0) is 56.2 Å². The molecule has 1 amide bonds. The Labute approximate surface area is 124 Å². The van der Waals surface area contributed by atoms with Gasteiger partial charge >= 0.3 is 0 Å². The first-order chi connectivity index (χ1) is 9.71. The summed E-state index contributed by atoms with van der Waals surface area (Å²) < 4.78 is 5.51. The number of carbonyl (C=O) groups excluding carboxylic acids is 1. The van der Waals surface area contributed by atoms with Gasteiger partial charge in [0.05, 0.1) is 12.5 Å². The van der Waals surface area contributed by atoms with Gasteiger partial charge in [0.25, 0.3) is 0 Å². The molecule has 20 heavy (non-hydrogen) atoms. The zero-order chi connectivity index (χ0) is 14.1. The highest BCUT2D eigenvalue weighted by Gasteiger charge is 2.47. The Morgan fingerprint density at radius 2 is 2.10 bits per heavy atom. The molecule has 1 N–H and O–H groups in total. The molecule has 0 heterocycles. The molecule has 1 aromatic carbocycles. The van der Waals surface area contributed by atoms with Crippen molar-refractivity contribution in [3.63, 3.8) is 0 Å². The molecule has 3 rings (SSSR count). The van der Waals surface area contributed by atoms with Gasteiger partial charge < -0.3 is 10.1 Å². The van der Waals surface area contributed by atoms with Crippen LogP contribution in [0.4, 0.5) is 5.69 Å². The van der Waals surface area contributed by atoms with Crippen LogP contribution in [-0.2, 0) is 10.7 Å². The maximum absolute atomic E-state index is 12.2. The third-order valence-electron chi connectivity index (χ3n) is 4.39. The number of carbonyl (C=O) groups is 1. The van der Waals surface area contributed by atoms with Crippen molar-refractivity contribution in [2.24, 2.45) is 17.8 Å². The Hall–Kier alpha value is -1.22. The van der Waals surface area contributed by atoms with Crippen molar-refractivity contribution in [1.82, 2.24) is 0 Å². The summed E-state index contributed by atoms with van der Waals surface area (Å²) in [7, 11) is 0. The quantitative estimate of drug-likeness (QED) is 0.838. The van der Waals surface area contributed by atoms with Gasteiger partial charge in [-0.15, -0.1) is 11.6 Å². The first kappa shape index (κ1) is 13.7. The first-order valence-electron chi connectivity index (χ1n) is 7.33. The van der Waals surface area contributed by atoms with Crippen LogP contribution in [0.3, 0.4) is 0 Å². The fraction of sp³-hybridized carbons (Fsp3) is 0.562. The Bertz CT molecular complexity index is 507. The van der Waals surface area contributed by atoms with Gasteiger partial charge in [-0.2, -0.15) is 0 Å². The molecular weight excluding hydrogens is 274 g/mol. The molecule has 2 unspecified atom stereocenters. The van der Waals surface area contributed by atoms with E-state index in [-0.39, 0.29) is 11.8 Å². The van der Waals surface area contributed by atoms with Crippen LogP contribution in [0.1, 0.15) is 31.7 Å². The molecule has 4 heteroatoms. The number of hydrogen-bond acceptors (Lipinski definition) is 2. The second kappa shape index (κ2) is 5.65. The zero-order valence-corrected chi connectivity index (χ0v) is 12.5. The summed E-state index contributed by atoms with van der Waals surface area (Å²) in [6, 6.07) is 5.67. The summed E-state index contributed by atoms with van der Waals surface area (Å²) in [5.41, 5.74) is 1.73. The monoisotopic (exact) mass is 293 g/mol. The molecule has 0 bridgehead atoms. The highest BCUT2D eigenvalue weighted by atomic mass is 35.5. The molecule has 2 atom stereocenters. The summed E-state index contributed by atoms with van der Waals surface area (Å²) in [5, 5.41) is 3.02. The van der Waals surface area contributed by atoms with Gasteiger partial charge in [-0.3, -0.25) is 4.79 Å². The molecular formula is C16H20ClNO2. The lowest BCUT2D eigenvalue weighted by atomic mass is 10.0. The number of rotatable bonds is 5. The van der Waals surface area contributed by atoms with Gasteiger partial charge in [-0.1, -0.05) is 0 Å². The Morgan fingerprint density at radius 1 is 1.35 bits per heavy atom. The molecule has 0 aliphatic heterocycles. The Morgan fingerprint density at radius 3 is 2.75 bits per heavy atom. The fourth-order valence-electron chi connectivity index (χ4n) is 3.23. The van der Waals surface area contributed by atoms with E-state index in [0.29, 0.717) is 12.5 Å². The second-order valence-corrected chi connectivity index (χ2v) is 6.07. The number of anilines is 1. The predicted octanol–water partition coefficient (Wildman–Crippen LogP) is 3.81. The van der Waals surface area contributed by atoms with Crippen LogP contribution in [0.5, 0.6) is 5.75 Å². The average molecular weight is 294 g/mol. The minimum atomic E-state index is 0.155. The van der Waals surface area contributed by atoms with Crippen molar-refractivity contribution >= 4 is 23.2 Å². The average Bonchev–Trinajstić information content (AvgIpc) is 3.07. The number of ether oxygens (including phenoxy) is 1. The van der Waals surface area contributed by atoms with E-state index in [1.165, 1.54) is 6.42 Å². The first-order valence-corrected chi connectivity index (χ1v) is 7.87. The topological polar surface area (TPSA) is 38.3 Å². The summed E-state index contributed by atoms with van der Waals surface area (Å²) in [4.78, 5) is 12.2. The molecule has 0 saturated heterocycles. The van der Waals surface area contributed by atoms with Crippen LogP contribution in [-0.4, -0.2) is 12.5 Å². The number of nitrogens with one attached hydrogen (secondary N) is 1. The normalized spacial score (nSPS) is 27.0. The SMILES string of the molecule is CCOc1ccc(NC(=O)C2CC3CC3C2)cc1CCl. The van der Waals surface area contributed by atoms with Gasteiger partial charge in [-0.25, -0.2) is 0 Å². The van der Waals surface area contributed by atoms with Crippen LogP contribution in [0.25, 0.3) is 0 Å². The van der Waals surface area contributed by atoms with E-state index in [1.54, 1.807) is 0 Å². The predicted molar refractivity (Wildman–Crippen MR) is 80.1 cm³/mol. The van der Waals surface area contributed by atoms with E-state index < -0.39 is 0 Å². The number of hydrogen-bond donors (Lipinski definition) is 1. The van der Waals surface area contributed by atoms with Crippen molar-refractivity contribution in [3.05, 3.63) is 23.8 Å². The summed E-state index contributed by atoms with van der Waals surface area (Å²) >= 11 is 5.94. The molecule has 2 aliphatic carbocycles. The third-order valence-corrected chi connectivity index (χ3v) is 4.67. The van der Waals surface area contributed by atoms with Crippen LogP contribution >= 0.6 is 11.6 Å². The van der Waals surface area contributed by atoms with Crippen LogP contribution in [0, 0.1) is 17.8 Å². The number of halogens is 1. The lowest BCUT2D eigenvalue weighted by Crippen LogP contribution is -2.21. The van der Waals surface area contributed by atoms with Crippen molar-refractivity contribution in [3.8, 4) is 5.75 Å². The smallest absolute Gasteiger partial charge is 0.227 e. The molecule has 2 saturated carbocycles. The number of alkyl halides is 1. The van der Waals surface area contributed by atoms with Crippen molar-refractivity contribution in [1.29, 1.82) is 0 Å². The maximum atomic E-state index is 12.2. The van der Waals surface area contributed by atoms with E-state index >= 15 is 0 Å². The number of amides is 1. The molecule has 2 aliphatic rings. The lowest BCUT2D eigenvalue weighted by Gasteiger charge is -2.14. The summed E-state index contributed by atoms with van der Waals surface area (Å²) in [6.07, 6.45) is 3.47. The van der Waals surface area contributed by atoms with Gasteiger partial charge in [0.2, 0.25) is 5.91 Å². The zero-order valence-electron chi connectivity index (χ0n) is 11.7. The third kappa shape index (κ3) is 2.78. The summed E-state index contributed by atoms with van der Waals surface area (Å²) in [6.45, 7) is 2.56. The molecule has 2 fully saturated rings. The van der Waals surface area contributed by atoms with Crippen molar-refractivity contribution in [2.45, 2.75) is 32.1 Å². The van der Waals surface area contributed by atoms with E-state index in [9.17, 15) is 4.79 Å². The second-order valence-electron chi connectivity index (χ2n) is 5.80. The molecule has 0 spiro atoms. The van der Waals surface area contributed by atoms with Crippen LogP contribution in [0.2, 0.25) is 0 Å². The van der Waals surface area contributed by atoms with E-state index in [0.717, 1.165) is 41.7 Å². The van der Waals surface area contributed by atoms with Crippen LogP contribution < -0.4 is 10.1 Å². The molecule has 1 aromatic rings. The number of benzene rings is 1. The van der Waals surface area contributed by atoms with E-state index in [4.69, 9.17) is 16.3 Å². The van der Waals surface area contributed by atoms with Gasteiger partial charge in [0.15, 0.2) is 0 Å². The molecule has 0 aromatic heterocycles. The number of fused-ring (bicyclic) bond motifs is 1. The van der Waals surface area contributed by atoms with Crippen molar-refractivity contribution in [2.75, 3.05) is 11.9 Å².